The van der Waals surface area contributed by atoms with Crippen molar-refractivity contribution in [2.24, 2.45) is 5.92 Å². The summed E-state index contributed by atoms with van der Waals surface area (Å²) in [6.45, 7) is 3.58. The van der Waals surface area contributed by atoms with E-state index in [1.165, 1.54) is 51.1 Å². The molecular weight excluding hydrogens is 286 g/mol. The fraction of sp³-hybridized carbons (Fsp3) is 0.667. The van der Waals surface area contributed by atoms with E-state index in [0.717, 1.165) is 23.5 Å². The molecule has 0 saturated carbocycles. The van der Waals surface area contributed by atoms with E-state index in [2.05, 4.69) is 39.5 Å². The third-order valence-corrected chi connectivity index (χ3v) is 5.51. The summed E-state index contributed by atoms with van der Waals surface area (Å²) < 4.78 is 2.44. The molecule has 2 aliphatic heterocycles. The molecule has 0 bridgehead atoms. The van der Waals surface area contributed by atoms with E-state index < -0.39 is 0 Å². The lowest BCUT2D eigenvalue weighted by Crippen LogP contribution is -2.34. The van der Waals surface area contributed by atoms with Crippen molar-refractivity contribution < 1.29 is 0 Å². The molecule has 0 N–H and O–H groups in total. The maximum Gasteiger partial charge on any atom is 0.161 e. The summed E-state index contributed by atoms with van der Waals surface area (Å²) in [4.78, 5) is 14.5. The van der Waals surface area contributed by atoms with Crippen LogP contribution in [-0.4, -0.2) is 58.1 Å². The predicted octanol–water partition coefficient (Wildman–Crippen LogP) is 2.54. The zero-order valence-corrected chi connectivity index (χ0v) is 14.3. The summed E-state index contributed by atoms with van der Waals surface area (Å²) in [6, 6.07) is 4.10. The zero-order chi connectivity index (χ0) is 15.8. The fourth-order valence-corrected chi connectivity index (χ4v) is 4.27. The van der Waals surface area contributed by atoms with Crippen molar-refractivity contribution in [3.05, 3.63) is 24.2 Å². The normalized spacial score (nSPS) is 27.0. The predicted molar refractivity (Wildman–Crippen MR) is 92.4 cm³/mol. The Kier molecular flexibility index (Phi) is 4.07. The molecule has 4 rings (SSSR count). The fourth-order valence-electron chi connectivity index (χ4n) is 4.27. The first-order chi connectivity index (χ1) is 11.2. The topological polar surface area (TPSA) is 37.2 Å². The minimum absolute atomic E-state index is 0.415. The third kappa shape index (κ3) is 2.88. The molecule has 5 nitrogen and oxygen atoms in total. The Morgan fingerprint density at radius 2 is 2.09 bits per heavy atom. The monoisotopic (exact) mass is 313 g/mol. The Bertz CT molecular complexity index is 679. The molecule has 2 saturated heterocycles. The van der Waals surface area contributed by atoms with Crippen molar-refractivity contribution in [3.63, 3.8) is 0 Å². The molecule has 0 aromatic carbocycles. The van der Waals surface area contributed by atoms with E-state index >= 15 is 0 Å². The Morgan fingerprint density at radius 3 is 2.87 bits per heavy atom. The minimum atomic E-state index is 0.415. The molecule has 2 atom stereocenters. The highest BCUT2D eigenvalue weighted by atomic mass is 15.3. The number of rotatable bonds is 3. The minimum Gasteiger partial charge on any atom is -0.306 e. The maximum absolute atomic E-state index is 4.97. The van der Waals surface area contributed by atoms with Crippen LogP contribution in [0.3, 0.4) is 0 Å². The second-order valence-corrected chi connectivity index (χ2v) is 7.32. The molecular formula is C18H27N5. The first-order valence-electron chi connectivity index (χ1n) is 8.93. The first kappa shape index (κ1) is 15.1. The molecule has 23 heavy (non-hydrogen) atoms. The number of pyridine rings is 1. The van der Waals surface area contributed by atoms with Crippen LogP contribution in [0.5, 0.6) is 0 Å². The van der Waals surface area contributed by atoms with Gasteiger partial charge in [0.1, 0.15) is 11.3 Å². The van der Waals surface area contributed by atoms with Gasteiger partial charge in [-0.15, -0.1) is 0 Å². The van der Waals surface area contributed by atoms with Gasteiger partial charge in [-0.25, -0.2) is 9.97 Å². The van der Waals surface area contributed by atoms with Crippen LogP contribution >= 0.6 is 0 Å². The zero-order valence-electron chi connectivity index (χ0n) is 14.3. The number of hydrogen-bond acceptors (Lipinski definition) is 4. The highest BCUT2D eigenvalue weighted by molar-refractivity contribution is 5.71. The highest BCUT2D eigenvalue weighted by Gasteiger charge is 2.28. The number of piperidine rings is 1. The molecule has 0 aliphatic carbocycles. The van der Waals surface area contributed by atoms with Crippen molar-refractivity contribution in [2.75, 3.05) is 33.7 Å². The van der Waals surface area contributed by atoms with E-state index in [0.29, 0.717) is 6.17 Å². The van der Waals surface area contributed by atoms with Crippen LogP contribution < -0.4 is 0 Å². The van der Waals surface area contributed by atoms with Crippen molar-refractivity contribution in [2.45, 2.75) is 38.3 Å². The molecule has 0 amide bonds. The Morgan fingerprint density at radius 1 is 1.17 bits per heavy atom. The van der Waals surface area contributed by atoms with Gasteiger partial charge in [-0.2, -0.15) is 0 Å². The Balaban J connectivity index is 1.72. The van der Waals surface area contributed by atoms with Gasteiger partial charge in [-0.05, 0) is 70.9 Å². The van der Waals surface area contributed by atoms with Gasteiger partial charge in [-0.1, -0.05) is 0 Å². The largest absolute Gasteiger partial charge is 0.306 e. The molecule has 0 radical (unpaired) electrons. The van der Waals surface area contributed by atoms with Crippen LogP contribution in [0.25, 0.3) is 11.2 Å². The smallest absolute Gasteiger partial charge is 0.161 e. The van der Waals surface area contributed by atoms with Crippen molar-refractivity contribution in [1.82, 2.24) is 24.3 Å². The second kappa shape index (κ2) is 6.21. The van der Waals surface area contributed by atoms with Gasteiger partial charge >= 0.3 is 0 Å². The summed E-state index contributed by atoms with van der Waals surface area (Å²) >= 11 is 0. The van der Waals surface area contributed by atoms with E-state index in [9.17, 15) is 0 Å². The van der Waals surface area contributed by atoms with Gasteiger partial charge < -0.3 is 4.90 Å². The molecule has 0 spiro atoms. The van der Waals surface area contributed by atoms with Gasteiger partial charge in [0, 0.05) is 19.2 Å². The molecule has 2 unspecified atom stereocenters. The number of hydrogen-bond donors (Lipinski definition) is 0. The van der Waals surface area contributed by atoms with Crippen molar-refractivity contribution in [1.29, 1.82) is 0 Å². The van der Waals surface area contributed by atoms with Crippen LogP contribution in [0, 0.1) is 5.92 Å². The summed E-state index contributed by atoms with van der Waals surface area (Å²) in [5.74, 6) is 1.96. The Hall–Kier alpha value is -1.46. The van der Waals surface area contributed by atoms with Gasteiger partial charge in [-0.3, -0.25) is 9.47 Å². The quantitative estimate of drug-likeness (QED) is 0.873. The maximum atomic E-state index is 4.97. The first-order valence-corrected chi connectivity index (χ1v) is 8.93. The van der Waals surface area contributed by atoms with E-state index in [1.807, 2.05) is 12.3 Å². The average Bonchev–Trinajstić information content (AvgIpc) is 3.11. The van der Waals surface area contributed by atoms with Crippen LogP contribution in [0.15, 0.2) is 18.3 Å². The lowest BCUT2D eigenvalue weighted by Gasteiger charge is -2.34. The van der Waals surface area contributed by atoms with Crippen molar-refractivity contribution in [3.8, 4) is 0 Å². The van der Waals surface area contributed by atoms with Gasteiger partial charge in [0.15, 0.2) is 5.65 Å². The summed E-state index contributed by atoms with van der Waals surface area (Å²) in [7, 11) is 4.46. The van der Waals surface area contributed by atoms with E-state index in [1.54, 1.807) is 0 Å². The van der Waals surface area contributed by atoms with Crippen LogP contribution in [0.2, 0.25) is 0 Å². The number of likely N-dealkylation sites (tertiary alicyclic amines) is 2. The molecule has 2 aliphatic rings. The molecule has 5 heteroatoms. The molecule has 2 fully saturated rings. The van der Waals surface area contributed by atoms with Crippen LogP contribution in [-0.2, 0) is 6.42 Å². The lowest BCUT2D eigenvalue weighted by atomic mass is 10.0. The van der Waals surface area contributed by atoms with Gasteiger partial charge in [0.25, 0.3) is 0 Å². The highest BCUT2D eigenvalue weighted by Crippen LogP contribution is 2.31. The SMILES string of the molecule is CN1CCC(Cc2nc3cccnc3n2C2CCCCN2C)C1. The number of fused-ring (bicyclic) bond motifs is 1. The third-order valence-electron chi connectivity index (χ3n) is 5.51. The lowest BCUT2D eigenvalue weighted by molar-refractivity contribution is 0.126. The van der Waals surface area contributed by atoms with Gasteiger partial charge in [0.2, 0.25) is 0 Å². The average molecular weight is 313 g/mol. The standard InChI is InChI=1S/C18H27N5/c1-21-11-8-14(13-21)12-16-20-15-6-5-9-19-18(15)23(16)17-7-3-4-10-22(17)2/h5-6,9,14,17H,3-4,7-8,10-13H2,1-2H3. The van der Waals surface area contributed by atoms with E-state index in [4.69, 9.17) is 4.98 Å². The van der Waals surface area contributed by atoms with Crippen molar-refractivity contribution >= 4 is 11.2 Å². The summed E-state index contributed by atoms with van der Waals surface area (Å²) in [5, 5.41) is 0. The number of aromatic nitrogens is 3. The number of nitrogens with zero attached hydrogens (tertiary/aromatic N) is 5. The summed E-state index contributed by atoms with van der Waals surface area (Å²) in [6.07, 6.45) is 8.48. The van der Waals surface area contributed by atoms with Gasteiger partial charge in [0.05, 0.1) is 6.17 Å². The van der Waals surface area contributed by atoms with Crippen LogP contribution in [0.4, 0.5) is 0 Å². The molecule has 2 aromatic rings. The second-order valence-electron chi connectivity index (χ2n) is 7.32. The number of imidazole rings is 1. The molecule has 4 heterocycles. The van der Waals surface area contributed by atoms with Crippen LogP contribution in [0.1, 0.15) is 37.7 Å². The molecule has 124 valence electrons. The van der Waals surface area contributed by atoms with E-state index in [-0.39, 0.29) is 0 Å². The summed E-state index contributed by atoms with van der Waals surface area (Å²) in [5.41, 5.74) is 2.11. The Labute approximate surface area is 138 Å². The molecule has 2 aromatic heterocycles.